The molecule has 2 rings (SSSR count). The Bertz CT molecular complexity index is 1040. The second-order valence-electron chi connectivity index (χ2n) is 11.0. The molecule has 0 heterocycles. The first-order chi connectivity index (χ1) is 20.4. The van der Waals surface area contributed by atoms with E-state index in [1.807, 2.05) is 54.6 Å². The molecule has 2 aromatic carbocycles. The third-order valence-electron chi connectivity index (χ3n) is 7.12. The lowest BCUT2D eigenvalue weighted by molar-refractivity contribution is -0.342. The van der Waals surface area contributed by atoms with E-state index < -0.39 is 20.5 Å². The number of rotatable bonds is 24. The van der Waals surface area contributed by atoms with Gasteiger partial charge in [0.05, 0.1) is 20.5 Å². The molecule has 0 unspecified atom stereocenters. The van der Waals surface area contributed by atoms with E-state index in [9.17, 15) is 19.1 Å². The first-order valence-electron chi connectivity index (χ1n) is 15.7. The monoisotopic (exact) mass is 599 g/mol. The molecule has 7 nitrogen and oxygen atoms in total. The number of allylic oxidation sites excluding steroid dienone is 2. The number of nitrogens with one attached hydrogen (secondary N) is 1. The van der Waals surface area contributed by atoms with Crippen LogP contribution in [0.3, 0.4) is 0 Å². The molecular formula is C34H50NO6P-2. The number of phosphoric acid groups is 1. The summed E-state index contributed by atoms with van der Waals surface area (Å²) >= 11 is 0. The summed E-state index contributed by atoms with van der Waals surface area (Å²) in [4.78, 5) is 34.7. The van der Waals surface area contributed by atoms with Gasteiger partial charge in [-0.3, -0.25) is 4.79 Å². The zero-order valence-corrected chi connectivity index (χ0v) is 26.2. The van der Waals surface area contributed by atoms with Gasteiger partial charge in [0.25, 0.3) is 0 Å². The fourth-order valence-electron chi connectivity index (χ4n) is 4.74. The standard InChI is InChI=1S/C34H52NO6P/c1-2-3-4-5-6-7-8-9-10-11-12-13-14-15-19-22-34(36)35-32(29-41-42(37,38)39)27-30-23-25-33(26-24-30)40-28-31-20-17-16-18-21-31/h9-10,16-18,20-21,23-26,32H,2-8,11-15,19,22,27-29H2,1H3,(H,35,36)(H2,37,38,39)/p-2/b10-9-/t32-/m0/s1. The lowest BCUT2D eigenvalue weighted by atomic mass is 10.1. The van der Waals surface area contributed by atoms with Crippen molar-refractivity contribution in [2.75, 3.05) is 6.61 Å². The van der Waals surface area contributed by atoms with E-state index in [1.54, 1.807) is 0 Å². The second kappa shape index (κ2) is 22.1. The molecule has 0 aromatic heterocycles. The molecule has 0 radical (unpaired) electrons. The third kappa shape index (κ3) is 18.9. The number of hydrogen-bond acceptors (Lipinski definition) is 6. The van der Waals surface area contributed by atoms with E-state index in [1.165, 1.54) is 51.4 Å². The van der Waals surface area contributed by atoms with Crippen molar-refractivity contribution < 1.29 is 28.4 Å². The second-order valence-corrected chi connectivity index (χ2v) is 12.1. The Kier molecular flexibility index (Phi) is 18.9. The maximum Gasteiger partial charge on any atom is 0.220 e. The van der Waals surface area contributed by atoms with Gasteiger partial charge in [-0.05, 0) is 61.8 Å². The Morgan fingerprint density at radius 2 is 1.40 bits per heavy atom. The van der Waals surface area contributed by atoms with Crippen LogP contribution < -0.4 is 19.8 Å². The predicted octanol–water partition coefficient (Wildman–Crippen LogP) is 7.18. The highest BCUT2D eigenvalue weighted by Gasteiger charge is 2.14. The number of ether oxygens (including phenoxy) is 1. The summed E-state index contributed by atoms with van der Waals surface area (Å²) in [5.41, 5.74) is 1.93. The first-order valence-corrected chi connectivity index (χ1v) is 17.2. The van der Waals surface area contributed by atoms with Crippen molar-refractivity contribution in [1.82, 2.24) is 5.32 Å². The van der Waals surface area contributed by atoms with Gasteiger partial charge in [-0.2, -0.15) is 0 Å². The Balaban J connectivity index is 1.63. The average Bonchev–Trinajstić information content (AvgIpc) is 2.97. The maximum atomic E-state index is 12.6. The van der Waals surface area contributed by atoms with Gasteiger partial charge in [0.2, 0.25) is 5.91 Å². The lowest BCUT2D eigenvalue weighted by Crippen LogP contribution is -2.40. The number of amides is 1. The smallest absolute Gasteiger partial charge is 0.220 e. The molecule has 0 aliphatic rings. The minimum atomic E-state index is -5.14. The van der Waals surface area contributed by atoms with Gasteiger partial charge in [0.15, 0.2) is 0 Å². The van der Waals surface area contributed by atoms with Crippen molar-refractivity contribution in [3.63, 3.8) is 0 Å². The Morgan fingerprint density at radius 3 is 2.02 bits per heavy atom. The minimum absolute atomic E-state index is 0.171. The van der Waals surface area contributed by atoms with Crippen LogP contribution in [0.5, 0.6) is 5.75 Å². The molecule has 0 bridgehead atoms. The van der Waals surface area contributed by atoms with Gasteiger partial charge in [0, 0.05) is 6.42 Å². The van der Waals surface area contributed by atoms with Crippen LogP contribution in [0.4, 0.5) is 0 Å². The molecule has 0 spiro atoms. The van der Waals surface area contributed by atoms with Gasteiger partial charge < -0.3 is 28.9 Å². The number of unbranched alkanes of at least 4 members (excludes halogenated alkanes) is 11. The summed E-state index contributed by atoms with van der Waals surface area (Å²) in [6.07, 6.45) is 20.7. The van der Waals surface area contributed by atoms with Crippen LogP contribution >= 0.6 is 7.82 Å². The molecule has 42 heavy (non-hydrogen) atoms. The SMILES string of the molecule is CCCCCCCC/C=C\CCCCCCCC(=O)N[C@H](COP(=O)([O-])[O-])Cc1ccc(OCc2ccccc2)cc1. The van der Waals surface area contributed by atoms with Gasteiger partial charge in [-0.15, -0.1) is 0 Å². The molecule has 0 aliphatic heterocycles. The number of carbonyl (C=O) groups is 1. The molecule has 1 atom stereocenters. The molecule has 234 valence electrons. The number of hydrogen-bond donors (Lipinski definition) is 1. The molecule has 2 aromatic rings. The summed E-state index contributed by atoms with van der Waals surface area (Å²) in [6, 6.07) is 16.6. The van der Waals surface area contributed by atoms with E-state index in [-0.39, 0.29) is 5.91 Å². The van der Waals surface area contributed by atoms with Crippen LogP contribution in [0.2, 0.25) is 0 Å². The normalized spacial score (nSPS) is 12.5. The third-order valence-corrected chi connectivity index (χ3v) is 7.58. The van der Waals surface area contributed by atoms with Gasteiger partial charge in [-0.25, -0.2) is 0 Å². The summed E-state index contributed by atoms with van der Waals surface area (Å²) in [5.74, 6) is 0.530. The topological polar surface area (TPSA) is 111 Å². The van der Waals surface area contributed by atoms with Gasteiger partial charge in [0.1, 0.15) is 12.4 Å². The fraction of sp³-hybridized carbons (Fsp3) is 0.559. The molecule has 0 saturated heterocycles. The number of phosphoric ester groups is 1. The Hall–Kier alpha value is -2.44. The van der Waals surface area contributed by atoms with Crippen molar-refractivity contribution in [3.05, 3.63) is 77.9 Å². The highest BCUT2D eigenvalue weighted by molar-refractivity contribution is 7.43. The van der Waals surface area contributed by atoms with Gasteiger partial charge in [-0.1, -0.05) is 113 Å². The molecule has 0 saturated carbocycles. The number of benzene rings is 2. The summed E-state index contributed by atoms with van der Waals surface area (Å²) in [5, 5.41) is 2.85. The Morgan fingerprint density at radius 1 is 0.810 bits per heavy atom. The van der Waals surface area contributed by atoms with E-state index in [2.05, 4.69) is 28.9 Å². The van der Waals surface area contributed by atoms with E-state index in [4.69, 9.17) is 4.74 Å². The van der Waals surface area contributed by atoms with E-state index in [0.29, 0.717) is 25.2 Å². The predicted molar refractivity (Wildman–Crippen MR) is 166 cm³/mol. The Labute approximate surface area is 253 Å². The van der Waals surface area contributed by atoms with Crippen LogP contribution in [0, 0.1) is 0 Å². The van der Waals surface area contributed by atoms with Crippen molar-refractivity contribution in [2.24, 2.45) is 0 Å². The van der Waals surface area contributed by atoms with Crippen molar-refractivity contribution >= 4 is 13.7 Å². The van der Waals surface area contributed by atoms with E-state index in [0.717, 1.165) is 43.2 Å². The minimum Gasteiger partial charge on any atom is -0.790 e. The summed E-state index contributed by atoms with van der Waals surface area (Å²) in [6.45, 7) is 2.30. The van der Waals surface area contributed by atoms with Crippen molar-refractivity contribution in [1.29, 1.82) is 0 Å². The van der Waals surface area contributed by atoms with E-state index >= 15 is 0 Å². The molecule has 0 fully saturated rings. The lowest BCUT2D eigenvalue weighted by Gasteiger charge is -2.31. The zero-order chi connectivity index (χ0) is 30.3. The molecular weight excluding hydrogens is 549 g/mol. The zero-order valence-electron chi connectivity index (χ0n) is 25.3. The highest BCUT2D eigenvalue weighted by atomic mass is 31.2. The van der Waals surface area contributed by atoms with Crippen LogP contribution in [0.15, 0.2) is 66.7 Å². The fourth-order valence-corrected chi connectivity index (χ4v) is 5.10. The summed E-state index contributed by atoms with van der Waals surface area (Å²) in [7, 11) is -5.14. The maximum absolute atomic E-state index is 12.6. The average molecular weight is 600 g/mol. The van der Waals surface area contributed by atoms with Crippen LogP contribution in [-0.4, -0.2) is 18.6 Å². The molecule has 1 N–H and O–H groups in total. The van der Waals surface area contributed by atoms with Crippen LogP contribution in [0.25, 0.3) is 0 Å². The number of carbonyl (C=O) groups excluding carboxylic acids is 1. The largest absolute Gasteiger partial charge is 0.790 e. The first kappa shape index (κ1) is 35.8. The highest BCUT2D eigenvalue weighted by Crippen LogP contribution is 2.25. The molecule has 1 amide bonds. The van der Waals surface area contributed by atoms with Crippen molar-refractivity contribution in [2.45, 2.75) is 116 Å². The summed E-state index contributed by atoms with van der Waals surface area (Å²) < 4.78 is 21.4. The molecule has 8 heteroatoms. The quantitative estimate of drug-likeness (QED) is 0.0778. The van der Waals surface area contributed by atoms with Crippen LogP contribution in [0.1, 0.15) is 108 Å². The molecule has 0 aliphatic carbocycles. The van der Waals surface area contributed by atoms with Gasteiger partial charge >= 0.3 is 0 Å². The van der Waals surface area contributed by atoms with Crippen molar-refractivity contribution in [3.8, 4) is 5.75 Å². The van der Waals surface area contributed by atoms with Crippen LogP contribution in [-0.2, 0) is 26.9 Å².